The highest BCUT2D eigenvalue weighted by Crippen LogP contribution is 2.45. The second-order valence-electron chi connectivity index (χ2n) is 7.86. The van der Waals surface area contributed by atoms with E-state index < -0.39 is 6.10 Å². The molecule has 150 valence electrons. The van der Waals surface area contributed by atoms with Gasteiger partial charge in [0.25, 0.3) is 0 Å². The lowest BCUT2D eigenvalue weighted by molar-refractivity contribution is 0.210. The Balaban J connectivity index is 1.18. The van der Waals surface area contributed by atoms with Crippen molar-refractivity contribution in [3.05, 3.63) is 76.5 Å². The summed E-state index contributed by atoms with van der Waals surface area (Å²) < 4.78 is 2.41. The first-order valence-electron chi connectivity index (χ1n) is 10.3. The number of H-pyrrole nitrogens is 1. The molecule has 5 heteroatoms. The Labute approximate surface area is 175 Å². The molecule has 0 bridgehead atoms. The van der Waals surface area contributed by atoms with Crippen LogP contribution in [-0.2, 0) is 13.0 Å². The molecular weight excluding hydrogens is 380 g/mol. The number of aryl methyl sites for hydroxylation is 1. The van der Waals surface area contributed by atoms with Crippen LogP contribution in [0.5, 0.6) is 0 Å². The maximum Gasteiger partial charge on any atom is 0.103 e. The number of hydrogen-bond acceptors (Lipinski definition) is 4. The van der Waals surface area contributed by atoms with E-state index in [9.17, 15) is 10.2 Å². The maximum atomic E-state index is 10.7. The van der Waals surface area contributed by atoms with Crippen LogP contribution in [0.4, 0.5) is 0 Å². The largest absolute Gasteiger partial charge is 0.392 e. The third kappa shape index (κ3) is 3.42. The summed E-state index contributed by atoms with van der Waals surface area (Å²) >= 11 is 1.89. The van der Waals surface area contributed by atoms with Crippen LogP contribution >= 0.6 is 11.9 Å². The number of aliphatic hydroxyl groups excluding tert-OH is 2. The molecule has 0 saturated heterocycles. The summed E-state index contributed by atoms with van der Waals surface area (Å²) in [5, 5.41) is 21.5. The fraction of sp³-hybridized carbons (Fsp3) is 0.333. The molecule has 0 fully saturated rings. The van der Waals surface area contributed by atoms with Crippen molar-refractivity contribution in [1.82, 2.24) is 9.29 Å². The number of benzene rings is 2. The molecule has 2 aliphatic rings. The van der Waals surface area contributed by atoms with Gasteiger partial charge in [-0.1, -0.05) is 48.3 Å². The molecule has 2 heterocycles. The highest BCUT2D eigenvalue weighted by Gasteiger charge is 2.33. The molecule has 0 saturated carbocycles. The van der Waals surface area contributed by atoms with Crippen LogP contribution in [0, 0.1) is 0 Å². The topological polar surface area (TPSA) is 59.5 Å². The van der Waals surface area contributed by atoms with Gasteiger partial charge in [-0.05, 0) is 58.7 Å². The lowest BCUT2D eigenvalue weighted by atomic mass is 10.0. The van der Waals surface area contributed by atoms with Crippen LogP contribution in [0.15, 0.2) is 54.2 Å². The minimum absolute atomic E-state index is 0.0763. The van der Waals surface area contributed by atoms with Crippen LogP contribution in [0.2, 0.25) is 0 Å². The first-order valence-corrected chi connectivity index (χ1v) is 11.3. The summed E-state index contributed by atoms with van der Waals surface area (Å²) in [6.07, 6.45) is 4.74. The normalized spacial score (nSPS) is 19.0. The van der Waals surface area contributed by atoms with Crippen LogP contribution < -0.4 is 0 Å². The molecule has 1 aromatic heterocycles. The monoisotopic (exact) mass is 406 g/mol. The predicted octanol–water partition coefficient (Wildman–Crippen LogP) is 4.45. The molecule has 4 nitrogen and oxygen atoms in total. The van der Waals surface area contributed by atoms with Crippen LogP contribution in [-0.4, -0.2) is 38.3 Å². The zero-order valence-corrected chi connectivity index (χ0v) is 17.2. The number of fused-ring (bicyclic) bond motifs is 3. The summed E-state index contributed by atoms with van der Waals surface area (Å²) in [6.45, 7) is 1.96. The Morgan fingerprint density at radius 3 is 2.90 bits per heavy atom. The van der Waals surface area contributed by atoms with Gasteiger partial charge in [-0.15, -0.1) is 0 Å². The molecule has 1 aliphatic heterocycles. The second-order valence-corrected chi connectivity index (χ2v) is 9.04. The first-order chi connectivity index (χ1) is 14.3. The zero-order valence-electron chi connectivity index (χ0n) is 16.4. The number of nitrogens with zero attached hydrogens (tertiary/aromatic N) is 1. The number of rotatable bonds is 6. The Morgan fingerprint density at radius 2 is 2.00 bits per heavy atom. The standard InChI is InChI=1S/C24H26N2O2S/c27-15-17-5-3-9-22-23(17)16(13-25-22)6-4-12-29-26-11-10-19-18-7-1-2-8-20(18)24(28)21(19)14-26/h1-3,5,7-9,13,24-25,27-28H,4,6,10-12,14-15H2. The molecule has 3 aromatic rings. The molecule has 2 aromatic carbocycles. The Morgan fingerprint density at radius 1 is 1.10 bits per heavy atom. The molecular formula is C24H26N2O2S. The van der Waals surface area contributed by atoms with Crippen LogP contribution in [0.1, 0.15) is 41.2 Å². The highest BCUT2D eigenvalue weighted by molar-refractivity contribution is 7.97. The Kier molecular flexibility index (Phi) is 5.22. The van der Waals surface area contributed by atoms with Gasteiger partial charge in [-0.3, -0.25) is 0 Å². The third-order valence-corrected chi connectivity index (χ3v) is 7.31. The van der Waals surface area contributed by atoms with Gasteiger partial charge < -0.3 is 15.2 Å². The van der Waals surface area contributed by atoms with Crippen molar-refractivity contribution in [3.63, 3.8) is 0 Å². The van der Waals surface area contributed by atoms with Crippen molar-refractivity contribution < 1.29 is 10.2 Å². The quantitative estimate of drug-likeness (QED) is 0.418. The van der Waals surface area contributed by atoms with Crippen LogP contribution in [0.25, 0.3) is 16.5 Å². The van der Waals surface area contributed by atoms with E-state index in [0.29, 0.717) is 0 Å². The van der Waals surface area contributed by atoms with E-state index in [1.807, 2.05) is 30.1 Å². The molecule has 0 radical (unpaired) electrons. The van der Waals surface area contributed by atoms with E-state index in [1.165, 1.54) is 27.7 Å². The van der Waals surface area contributed by atoms with Gasteiger partial charge in [0.05, 0.1) is 6.61 Å². The number of aromatic amines is 1. The number of aliphatic hydroxyl groups is 2. The Hall–Kier alpha value is -2.05. The minimum atomic E-state index is -0.437. The fourth-order valence-electron chi connectivity index (χ4n) is 4.75. The smallest absolute Gasteiger partial charge is 0.103 e. The van der Waals surface area contributed by atoms with Crippen molar-refractivity contribution in [3.8, 4) is 0 Å². The molecule has 0 spiro atoms. The number of hydrogen-bond donors (Lipinski definition) is 3. The van der Waals surface area contributed by atoms with Gasteiger partial charge in [-0.25, -0.2) is 4.31 Å². The van der Waals surface area contributed by atoms with Gasteiger partial charge >= 0.3 is 0 Å². The predicted molar refractivity (Wildman–Crippen MR) is 120 cm³/mol. The number of nitrogens with one attached hydrogen (secondary N) is 1. The molecule has 5 rings (SSSR count). The van der Waals surface area contributed by atoms with E-state index in [1.54, 1.807) is 0 Å². The highest BCUT2D eigenvalue weighted by atomic mass is 32.2. The molecule has 3 N–H and O–H groups in total. The SMILES string of the molecule is OCc1cccc2[nH]cc(CCCSN3CCC4=C(C3)C(O)c3ccccc34)c12. The van der Waals surface area contributed by atoms with Crippen molar-refractivity contribution in [2.75, 3.05) is 18.8 Å². The van der Waals surface area contributed by atoms with E-state index in [0.717, 1.165) is 54.7 Å². The average molecular weight is 407 g/mol. The van der Waals surface area contributed by atoms with Crippen molar-refractivity contribution in [1.29, 1.82) is 0 Å². The lowest BCUT2D eigenvalue weighted by Crippen LogP contribution is -2.26. The minimum Gasteiger partial charge on any atom is -0.392 e. The number of aromatic nitrogens is 1. The summed E-state index contributed by atoms with van der Waals surface area (Å²) in [5.41, 5.74) is 8.26. The van der Waals surface area contributed by atoms with Gasteiger partial charge in [0.2, 0.25) is 0 Å². The summed E-state index contributed by atoms with van der Waals surface area (Å²) in [5.74, 6) is 1.06. The second kappa shape index (κ2) is 8.00. The zero-order chi connectivity index (χ0) is 19.8. The van der Waals surface area contributed by atoms with Crippen molar-refractivity contribution in [2.24, 2.45) is 0 Å². The average Bonchev–Trinajstić information content (AvgIpc) is 3.31. The molecule has 0 amide bonds. The molecule has 1 atom stereocenters. The third-order valence-electron chi connectivity index (χ3n) is 6.16. The molecule has 1 aliphatic carbocycles. The summed E-state index contributed by atoms with van der Waals surface area (Å²) in [6, 6.07) is 14.3. The molecule has 1 unspecified atom stereocenters. The summed E-state index contributed by atoms with van der Waals surface area (Å²) in [4.78, 5) is 3.33. The van der Waals surface area contributed by atoms with Crippen molar-refractivity contribution in [2.45, 2.75) is 32.0 Å². The van der Waals surface area contributed by atoms with Gasteiger partial charge in [0.15, 0.2) is 0 Å². The maximum absolute atomic E-state index is 10.7. The van der Waals surface area contributed by atoms with E-state index in [2.05, 4.69) is 39.8 Å². The Bertz CT molecular complexity index is 1070. The van der Waals surface area contributed by atoms with Gasteiger partial charge in [0, 0.05) is 35.9 Å². The van der Waals surface area contributed by atoms with Crippen molar-refractivity contribution >= 4 is 28.4 Å². The van der Waals surface area contributed by atoms with Crippen LogP contribution in [0.3, 0.4) is 0 Å². The lowest BCUT2D eigenvalue weighted by Gasteiger charge is -2.28. The van der Waals surface area contributed by atoms with E-state index >= 15 is 0 Å². The first kappa shape index (κ1) is 18.9. The summed E-state index contributed by atoms with van der Waals surface area (Å²) in [7, 11) is 0. The molecule has 29 heavy (non-hydrogen) atoms. The van der Waals surface area contributed by atoms with Gasteiger partial charge in [-0.2, -0.15) is 0 Å². The van der Waals surface area contributed by atoms with E-state index in [4.69, 9.17) is 0 Å². The van der Waals surface area contributed by atoms with E-state index in [-0.39, 0.29) is 6.61 Å². The fourth-order valence-corrected chi connectivity index (χ4v) is 5.73. The van der Waals surface area contributed by atoms with Gasteiger partial charge in [0.1, 0.15) is 6.10 Å².